The molecule has 3 nitrogen and oxygen atoms in total. The Morgan fingerprint density at radius 1 is 1.24 bits per heavy atom. The van der Waals surface area contributed by atoms with Gasteiger partial charge in [-0.3, -0.25) is 0 Å². The van der Waals surface area contributed by atoms with Crippen molar-refractivity contribution in [2.45, 2.75) is 18.9 Å². The van der Waals surface area contributed by atoms with Crippen molar-refractivity contribution in [2.75, 3.05) is 13.7 Å². The summed E-state index contributed by atoms with van der Waals surface area (Å²) in [5.74, 6) is 0.583. The summed E-state index contributed by atoms with van der Waals surface area (Å²) in [6, 6.07) is 13.5. The van der Waals surface area contributed by atoms with Gasteiger partial charge in [0, 0.05) is 16.9 Å². The van der Waals surface area contributed by atoms with Crippen LogP contribution in [-0.2, 0) is 0 Å². The van der Waals surface area contributed by atoms with Crippen molar-refractivity contribution in [3.05, 3.63) is 63.6 Å². The number of methoxy groups -OCH3 is 1. The van der Waals surface area contributed by atoms with Gasteiger partial charge < -0.3 is 15.6 Å². The van der Waals surface area contributed by atoms with Crippen LogP contribution >= 0.6 is 15.9 Å². The lowest BCUT2D eigenvalue weighted by Crippen LogP contribution is -2.20. The Hall–Kier alpha value is -1.36. The zero-order valence-corrected chi connectivity index (χ0v) is 13.8. The number of aliphatic hydroxyl groups is 1. The van der Waals surface area contributed by atoms with Gasteiger partial charge in [-0.05, 0) is 35.7 Å². The lowest BCUT2D eigenvalue weighted by atomic mass is 9.88. The van der Waals surface area contributed by atoms with E-state index in [1.54, 1.807) is 7.11 Å². The molecule has 0 fully saturated rings. The molecule has 2 unspecified atom stereocenters. The summed E-state index contributed by atoms with van der Waals surface area (Å²) < 4.78 is 6.18. The first kappa shape index (κ1) is 16.0. The molecule has 2 aromatic carbocycles. The quantitative estimate of drug-likeness (QED) is 0.867. The highest BCUT2D eigenvalue weighted by Gasteiger charge is 2.24. The van der Waals surface area contributed by atoms with Crippen LogP contribution in [0.5, 0.6) is 5.75 Å². The first-order valence-electron chi connectivity index (χ1n) is 6.85. The van der Waals surface area contributed by atoms with E-state index in [1.807, 2.05) is 49.4 Å². The van der Waals surface area contributed by atoms with E-state index in [1.165, 1.54) is 0 Å². The molecule has 0 amide bonds. The Morgan fingerprint density at radius 3 is 2.62 bits per heavy atom. The fourth-order valence-electron chi connectivity index (χ4n) is 2.43. The summed E-state index contributed by atoms with van der Waals surface area (Å²) in [5.41, 5.74) is 8.82. The summed E-state index contributed by atoms with van der Waals surface area (Å²) in [5, 5.41) is 10.8. The molecule has 0 saturated heterocycles. The largest absolute Gasteiger partial charge is 0.497 e. The maximum absolute atomic E-state index is 10.8. The highest BCUT2D eigenvalue weighted by Crippen LogP contribution is 2.36. The van der Waals surface area contributed by atoms with E-state index in [2.05, 4.69) is 15.9 Å². The number of nitrogens with two attached hydrogens (primary N) is 1. The molecule has 0 aliphatic heterocycles. The topological polar surface area (TPSA) is 55.5 Å². The second kappa shape index (κ2) is 7.07. The summed E-state index contributed by atoms with van der Waals surface area (Å²) in [6.45, 7) is 2.36. The average Bonchev–Trinajstić information content (AvgIpc) is 2.51. The minimum absolute atomic E-state index is 0.182. The number of halogens is 1. The van der Waals surface area contributed by atoms with Crippen molar-refractivity contribution in [3.8, 4) is 5.75 Å². The summed E-state index contributed by atoms with van der Waals surface area (Å²) in [6.07, 6.45) is -0.670. The Bertz CT molecular complexity index is 615. The summed E-state index contributed by atoms with van der Waals surface area (Å²) in [4.78, 5) is 0. The van der Waals surface area contributed by atoms with E-state index in [-0.39, 0.29) is 5.92 Å². The standard InChI is InChI=1S/C17H20BrNO2/c1-11-5-3-8-14(16(11)18)17(20)15(10-19)12-6-4-7-13(9-12)21-2/h3-9,15,17,20H,10,19H2,1-2H3. The molecule has 0 bridgehead atoms. The zero-order chi connectivity index (χ0) is 15.4. The predicted molar refractivity (Wildman–Crippen MR) is 88.6 cm³/mol. The van der Waals surface area contributed by atoms with Crippen molar-refractivity contribution < 1.29 is 9.84 Å². The molecule has 0 spiro atoms. The molecule has 0 radical (unpaired) electrons. The van der Waals surface area contributed by atoms with Crippen LogP contribution < -0.4 is 10.5 Å². The van der Waals surface area contributed by atoms with E-state index in [0.29, 0.717) is 6.54 Å². The molecule has 0 aromatic heterocycles. The van der Waals surface area contributed by atoms with Crippen molar-refractivity contribution in [2.24, 2.45) is 5.73 Å². The van der Waals surface area contributed by atoms with Gasteiger partial charge in [0.15, 0.2) is 0 Å². The van der Waals surface area contributed by atoms with Crippen molar-refractivity contribution in [3.63, 3.8) is 0 Å². The summed E-state index contributed by atoms with van der Waals surface area (Å²) in [7, 11) is 1.63. The van der Waals surface area contributed by atoms with Crippen LogP contribution in [0, 0.1) is 6.92 Å². The number of aryl methyl sites for hydroxylation is 1. The van der Waals surface area contributed by atoms with Crippen LogP contribution in [0.4, 0.5) is 0 Å². The number of rotatable bonds is 5. The molecule has 0 heterocycles. The highest BCUT2D eigenvalue weighted by atomic mass is 79.9. The predicted octanol–water partition coefficient (Wildman–Crippen LogP) is 3.54. The molecule has 2 atom stereocenters. The molecular formula is C17H20BrNO2. The zero-order valence-electron chi connectivity index (χ0n) is 12.2. The second-order valence-corrected chi connectivity index (χ2v) is 5.83. The van der Waals surface area contributed by atoms with E-state index in [4.69, 9.17) is 10.5 Å². The van der Waals surface area contributed by atoms with Gasteiger partial charge in [-0.15, -0.1) is 0 Å². The monoisotopic (exact) mass is 349 g/mol. The van der Waals surface area contributed by atoms with Crippen LogP contribution in [-0.4, -0.2) is 18.8 Å². The Morgan fingerprint density at radius 2 is 1.95 bits per heavy atom. The van der Waals surface area contributed by atoms with E-state index >= 15 is 0 Å². The molecule has 2 rings (SSSR count). The van der Waals surface area contributed by atoms with Crippen LogP contribution in [0.25, 0.3) is 0 Å². The average molecular weight is 350 g/mol. The fourth-order valence-corrected chi connectivity index (χ4v) is 2.93. The normalized spacial score (nSPS) is 13.8. The molecule has 112 valence electrons. The van der Waals surface area contributed by atoms with E-state index in [9.17, 15) is 5.11 Å². The summed E-state index contributed by atoms with van der Waals surface area (Å²) >= 11 is 3.55. The Balaban J connectivity index is 2.38. The van der Waals surface area contributed by atoms with Crippen LogP contribution in [0.2, 0.25) is 0 Å². The van der Waals surface area contributed by atoms with Gasteiger partial charge in [0.1, 0.15) is 5.75 Å². The third kappa shape index (κ3) is 3.46. The number of hydrogen-bond acceptors (Lipinski definition) is 3. The number of benzene rings is 2. The Labute approximate surface area is 133 Å². The number of hydrogen-bond donors (Lipinski definition) is 2. The fraction of sp³-hybridized carbons (Fsp3) is 0.294. The molecule has 0 aliphatic carbocycles. The second-order valence-electron chi connectivity index (χ2n) is 5.04. The smallest absolute Gasteiger partial charge is 0.119 e. The van der Waals surface area contributed by atoms with Crippen LogP contribution in [0.15, 0.2) is 46.9 Å². The van der Waals surface area contributed by atoms with Crippen molar-refractivity contribution >= 4 is 15.9 Å². The van der Waals surface area contributed by atoms with Crippen LogP contribution in [0.3, 0.4) is 0 Å². The minimum atomic E-state index is -0.670. The maximum atomic E-state index is 10.8. The molecule has 21 heavy (non-hydrogen) atoms. The molecule has 0 aliphatic rings. The minimum Gasteiger partial charge on any atom is -0.497 e. The van der Waals surface area contributed by atoms with Gasteiger partial charge in [-0.25, -0.2) is 0 Å². The van der Waals surface area contributed by atoms with Crippen LogP contribution in [0.1, 0.15) is 28.7 Å². The van der Waals surface area contributed by atoms with Gasteiger partial charge in [-0.1, -0.05) is 46.3 Å². The first-order valence-corrected chi connectivity index (χ1v) is 7.65. The molecular weight excluding hydrogens is 330 g/mol. The first-order chi connectivity index (χ1) is 10.1. The molecule has 4 heteroatoms. The number of ether oxygens (including phenoxy) is 1. The van der Waals surface area contributed by atoms with Gasteiger partial charge >= 0.3 is 0 Å². The third-order valence-corrected chi connectivity index (χ3v) is 4.78. The Kier molecular flexibility index (Phi) is 5.39. The maximum Gasteiger partial charge on any atom is 0.119 e. The van der Waals surface area contributed by atoms with Gasteiger partial charge in [0.2, 0.25) is 0 Å². The number of aliphatic hydroxyl groups excluding tert-OH is 1. The third-order valence-electron chi connectivity index (χ3n) is 3.70. The SMILES string of the molecule is COc1cccc(C(CN)C(O)c2cccc(C)c2Br)c1. The lowest BCUT2D eigenvalue weighted by molar-refractivity contribution is 0.146. The van der Waals surface area contributed by atoms with E-state index in [0.717, 1.165) is 26.9 Å². The van der Waals surface area contributed by atoms with Crippen molar-refractivity contribution in [1.29, 1.82) is 0 Å². The van der Waals surface area contributed by atoms with Gasteiger partial charge in [0.25, 0.3) is 0 Å². The lowest BCUT2D eigenvalue weighted by Gasteiger charge is -2.24. The highest BCUT2D eigenvalue weighted by molar-refractivity contribution is 9.10. The molecule has 3 N–H and O–H groups in total. The van der Waals surface area contributed by atoms with Gasteiger partial charge in [-0.2, -0.15) is 0 Å². The van der Waals surface area contributed by atoms with E-state index < -0.39 is 6.10 Å². The van der Waals surface area contributed by atoms with Gasteiger partial charge in [0.05, 0.1) is 13.2 Å². The molecule has 2 aromatic rings. The molecule has 0 saturated carbocycles. The van der Waals surface area contributed by atoms with Crippen molar-refractivity contribution in [1.82, 2.24) is 0 Å².